The Labute approximate surface area is 150 Å². The van der Waals surface area contributed by atoms with Crippen molar-refractivity contribution in [1.29, 1.82) is 0 Å². The van der Waals surface area contributed by atoms with Gasteiger partial charge in [-0.05, 0) is 24.3 Å². The van der Waals surface area contributed by atoms with Gasteiger partial charge < -0.3 is 18.9 Å². The highest BCUT2D eigenvalue weighted by Gasteiger charge is 2.45. The Bertz CT molecular complexity index is 918. The summed E-state index contributed by atoms with van der Waals surface area (Å²) < 4.78 is 45.1. The van der Waals surface area contributed by atoms with Crippen molar-refractivity contribution in [2.24, 2.45) is 0 Å². The topological polar surface area (TPSA) is 84.0 Å². The van der Waals surface area contributed by atoms with E-state index in [1.54, 1.807) is 0 Å². The van der Waals surface area contributed by atoms with Crippen LogP contribution in [-0.4, -0.2) is 37.4 Å². The Hall–Kier alpha value is -2.94. The lowest BCUT2D eigenvalue weighted by Crippen LogP contribution is -2.26. The number of rotatable bonds is 3. The van der Waals surface area contributed by atoms with Gasteiger partial charge in [0.2, 0.25) is 0 Å². The first kappa shape index (κ1) is 17.9. The molecule has 2 aromatic rings. The quantitative estimate of drug-likeness (QED) is 0.749. The number of alkyl halides is 2. The number of nitrogens with zero attached hydrogens (tertiary/aromatic N) is 1. The number of halogens is 3. The summed E-state index contributed by atoms with van der Waals surface area (Å²) in [6.45, 7) is 0. The van der Waals surface area contributed by atoms with E-state index in [4.69, 9.17) is 11.6 Å². The first-order valence-electron chi connectivity index (χ1n) is 7.03. The Morgan fingerprint density at radius 2 is 1.81 bits per heavy atom. The molecule has 1 aromatic heterocycles. The van der Waals surface area contributed by atoms with Crippen LogP contribution in [0.2, 0.25) is 5.02 Å². The van der Waals surface area contributed by atoms with E-state index in [0.29, 0.717) is 0 Å². The van der Waals surface area contributed by atoms with Gasteiger partial charge in [-0.2, -0.15) is 0 Å². The van der Waals surface area contributed by atoms with Crippen molar-refractivity contribution in [2.45, 2.75) is 6.29 Å². The largest absolute Gasteiger partial charge is 0.586 e. The molecule has 0 amide bonds. The lowest BCUT2D eigenvalue weighted by atomic mass is 10.0. The standard InChI is InChI=1S/C16H10ClF2NO6/c1-23-14(21)7-5-8(13-11(6-7)25-16(18,19)26-13)10-4-3-9(17)12(20-10)15(22)24-2/h3-6H,1-2H3. The van der Waals surface area contributed by atoms with Gasteiger partial charge in [0.15, 0.2) is 17.2 Å². The van der Waals surface area contributed by atoms with Gasteiger partial charge in [0, 0.05) is 5.56 Å². The summed E-state index contributed by atoms with van der Waals surface area (Å²) in [7, 11) is 2.27. The maximum Gasteiger partial charge on any atom is 0.586 e. The van der Waals surface area contributed by atoms with Crippen molar-refractivity contribution in [2.75, 3.05) is 14.2 Å². The van der Waals surface area contributed by atoms with Crippen molar-refractivity contribution in [1.82, 2.24) is 4.98 Å². The lowest BCUT2D eigenvalue weighted by Gasteiger charge is -2.10. The van der Waals surface area contributed by atoms with Crippen LogP contribution >= 0.6 is 11.6 Å². The molecule has 0 N–H and O–H groups in total. The van der Waals surface area contributed by atoms with Crippen LogP contribution in [0, 0.1) is 0 Å². The number of fused-ring (bicyclic) bond motifs is 1. The Kier molecular flexibility index (Phi) is 4.41. The second kappa shape index (κ2) is 6.41. The Morgan fingerprint density at radius 3 is 2.46 bits per heavy atom. The molecule has 3 rings (SSSR count). The molecular formula is C16H10ClF2NO6. The first-order chi connectivity index (χ1) is 12.3. The molecule has 26 heavy (non-hydrogen) atoms. The molecule has 0 saturated carbocycles. The van der Waals surface area contributed by atoms with E-state index < -0.39 is 18.2 Å². The van der Waals surface area contributed by atoms with Crippen molar-refractivity contribution in [3.8, 4) is 22.8 Å². The number of carbonyl (C=O) groups excluding carboxylic acids is 2. The van der Waals surface area contributed by atoms with E-state index in [2.05, 4.69) is 23.9 Å². The Balaban J connectivity index is 2.20. The predicted molar refractivity (Wildman–Crippen MR) is 83.6 cm³/mol. The van der Waals surface area contributed by atoms with E-state index in [0.717, 1.165) is 20.3 Å². The molecule has 0 atom stereocenters. The number of carbonyl (C=O) groups is 2. The van der Waals surface area contributed by atoms with Gasteiger partial charge in [-0.15, -0.1) is 8.78 Å². The monoisotopic (exact) mass is 385 g/mol. The van der Waals surface area contributed by atoms with Crippen molar-refractivity contribution in [3.05, 3.63) is 40.5 Å². The average molecular weight is 386 g/mol. The summed E-state index contributed by atoms with van der Waals surface area (Å²) in [5.74, 6) is -2.31. The number of pyridine rings is 1. The van der Waals surface area contributed by atoms with Crippen LogP contribution in [0.3, 0.4) is 0 Å². The fourth-order valence-electron chi connectivity index (χ4n) is 2.31. The third-order valence-corrected chi connectivity index (χ3v) is 3.73. The molecule has 1 aromatic carbocycles. The molecule has 1 aliphatic heterocycles. The molecule has 0 saturated heterocycles. The number of ether oxygens (including phenoxy) is 4. The third-order valence-electron chi connectivity index (χ3n) is 3.43. The number of hydrogen-bond acceptors (Lipinski definition) is 7. The number of esters is 2. The highest BCUT2D eigenvalue weighted by atomic mass is 35.5. The lowest BCUT2D eigenvalue weighted by molar-refractivity contribution is -0.286. The molecule has 0 radical (unpaired) electrons. The maximum atomic E-state index is 13.5. The molecule has 2 heterocycles. The van der Waals surface area contributed by atoms with E-state index in [9.17, 15) is 18.4 Å². The van der Waals surface area contributed by atoms with Crippen LogP contribution in [0.15, 0.2) is 24.3 Å². The average Bonchev–Trinajstić information content (AvgIpc) is 2.93. The summed E-state index contributed by atoms with van der Waals surface area (Å²) >= 11 is 5.91. The molecule has 136 valence electrons. The van der Waals surface area contributed by atoms with Crippen molar-refractivity contribution in [3.63, 3.8) is 0 Å². The van der Waals surface area contributed by atoms with E-state index in [-0.39, 0.29) is 39.0 Å². The highest BCUT2D eigenvalue weighted by Crippen LogP contribution is 2.47. The predicted octanol–water partition coefficient (Wildman–Crippen LogP) is 3.30. The maximum absolute atomic E-state index is 13.5. The zero-order valence-electron chi connectivity index (χ0n) is 13.3. The summed E-state index contributed by atoms with van der Waals surface area (Å²) in [6.07, 6.45) is -3.91. The molecule has 0 aliphatic carbocycles. The van der Waals surface area contributed by atoms with Gasteiger partial charge in [0.05, 0.1) is 30.5 Å². The van der Waals surface area contributed by atoms with E-state index in [1.165, 1.54) is 18.2 Å². The molecule has 7 nitrogen and oxygen atoms in total. The second-order valence-electron chi connectivity index (χ2n) is 5.03. The van der Waals surface area contributed by atoms with Crippen LogP contribution in [0.5, 0.6) is 11.5 Å². The molecule has 1 aliphatic rings. The van der Waals surface area contributed by atoms with E-state index in [1.807, 2.05) is 0 Å². The summed E-state index contributed by atoms with van der Waals surface area (Å²) in [5, 5.41) is 0.00358. The van der Waals surface area contributed by atoms with Crippen molar-refractivity contribution >= 4 is 23.5 Å². The SMILES string of the molecule is COC(=O)c1cc2c(c(-c3ccc(Cl)c(C(=O)OC)n3)c1)OC(F)(F)O2. The normalized spacial score (nSPS) is 14.0. The molecule has 0 fully saturated rings. The van der Waals surface area contributed by atoms with Crippen LogP contribution in [-0.2, 0) is 9.47 Å². The zero-order valence-corrected chi connectivity index (χ0v) is 14.1. The highest BCUT2D eigenvalue weighted by molar-refractivity contribution is 6.33. The summed E-state index contributed by atoms with van der Waals surface area (Å²) in [5.41, 5.74) is -0.270. The van der Waals surface area contributed by atoms with Gasteiger partial charge in [0.25, 0.3) is 0 Å². The molecule has 0 unspecified atom stereocenters. The molecular weight excluding hydrogens is 376 g/mol. The number of methoxy groups -OCH3 is 2. The van der Waals surface area contributed by atoms with Gasteiger partial charge in [-0.3, -0.25) is 0 Å². The summed E-state index contributed by atoms with van der Waals surface area (Å²) in [4.78, 5) is 27.6. The Morgan fingerprint density at radius 1 is 1.12 bits per heavy atom. The minimum Gasteiger partial charge on any atom is -0.465 e. The van der Waals surface area contributed by atoms with Gasteiger partial charge in [-0.1, -0.05) is 11.6 Å². The van der Waals surface area contributed by atoms with Gasteiger partial charge >= 0.3 is 18.2 Å². The smallest absolute Gasteiger partial charge is 0.465 e. The zero-order chi connectivity index (χ0) is 19.1. The fraction of sp³-hybridized carbons (Fsp3) is 0.188. The van der Waals surface area contributed by atoms with Crippen LogP contribution < -0.4 is 9.47 Å². The first-order valence-corrected chi connectivity index (χ1v) is 7.41. The van der Waals surface area contributed by atoms with Crippen LogP contribution in [0.25, 0.3) is 11.3 Å². The minimum absolute atomic E-state index is 0.00358. The third kappa shape index (κ3) is 3.13. The minimum atomic E-state index is -3.91. The van der Waals surface area contributed by atoms with E-state index >= 15 is 0 Å². The number of aromatic nitrogens is 1. The molecule has 10 heteroatoms. The molecule has 0 bridgehead atoms. The number of hydrogen-bond donors (Lipinski definition) is 0. The van der Waals surface area contributed by atoms with Crippen LogP contribution in [0.1, 0.15) is 20.8 Å². The summed E-state index contributed by atoms with van der Waals surface area (Å²) in [6, 6.07) is 4.99. The van der Waals surface area contributed by atoms with Crippen molar-refractivity contribution < 1.29 is 37.3 Å². The number of benzene rings is 1. The van der Waals surface area contributed by atoms with Gasteiger partial charge in [0.1, 0.15) is 0 Å². The van der Waals surface area contributed by atoms with Crippen LogP contribution in [0.4, 0.5) is 8.78 Å². The van der Waals surface area contributed by atoms with Gasteiger partial charge in [-0.25, -0.2) is 14.6 Å². The second-order valence-corrected chi connectivity index (χ2v) is 5.44. The molecule has 0 spiro atoms. The fourth-order valence-corrected chi connectivity index (χ4v) is 2.49.